The number of hydrogen-bond acceptors (Lipinski definition) is 5. The molecular formula is C24H32N2O5S. The van der Waals surface area contributed by atoms with Crippen molar-refractivity contribution < 1.29 is 24.2 Å². The van der Waals surface area contributed by atoms with E-state index in [9.17, 15) is 14.4 Å². The number of hydrogen-bond donors (Lipinski definition) is 3. The predicted molar refractivity (Wildman–Crippen MR) is 125 cm³/mol. The molecular weight excluding hydrogens is 428 g/mol. The summed E-state index contributed by atoms with van der Waals surface area (Å²) in [7, 11) is 0. The van der Waals surface area contributed by atoms with E-state index in [4.69, 9.17) is 9.84 Å². The van der Waals surface area contributed by atoms with E-state index < -0.39 is 5.97 Å². The number of carboxylic acid groups (broad SMARTS) is 1. The van der Waals surface area contributed by atoms with Crippen LogP contribution in [0, 0.1) is 11.8 Å². The molecule has 32 heavy (non-hydrogen) atoms. The molecule has 2 saturated heterocycles. The number of carbonyl (C=O) groups excluding carboxylic acids is 2. The number of amides is 2. The van der Waals surface area contributed by atoms with Gasteiger partial charge in [-0.2, -0.15) is 11.8 Å². The molecule has 2 fully saturated rings. The Kier molecular flexibility index (Phi) is 9.46. The Morgan fingerprint density at radius 1 is 1.03 bits per heavy atom. The summed E-state index contributed by atoms with van der Waals surface area (Å²) >= 11 is 2.05. The normalized spacial score (nSPS) is 23.9. The summed E-state index contributed by atoms with van der Waals surface area (Å²) in [5.74, 6) is 0.313. The minimum absolute atomic E-state index is 0.0565. The zero-order chi connectivity index (χ0) is 22.8. The van der Waals surface area contributed by atoms with Gasteiger partial charge >= 0.3 is 5.97 Å². The third-order valence-corrected chi connectivity index (χ3v) is 7.89. The van der Waals surface area contributed by atoms with Crippen LogP contribution in [0.15, 0.2) is 42.5 Å². The Hall–Kier alpha value is -2.48. The van der Waals surface area contributed by atoms with Crippen molar-refractivity contribution in [3.05, 3.63) is 42.5 Å². The van der Waals surface area contributed by atoms with Crippen LogP contribution in [-0.4, -0.2) is 53.1 Å². The Balaban J connectivity index is 1.34. The average molecular weight is 461 g/mol. The van der Waals surface area contributed by atoms with E-state index in [1.807, 2.05) is 30.0 Å². The van der Waals surface area contributed by atoms with Crippen LogP contribution in [0.4, 0.5) is 0 Å². The third kappa shape index (κ3) is 7.58. The number of benzene rings is 1. The number of unbranched alkanes of at least 4 members (excludes halogenated alkanes) is 1. The van der Waals surface area contributed by atoms with Crippen LogP contribution in [-0.2, 0) is 14.4 Å². The summed E-state index contributed by atoms with van der Waals surface area (Å²) in [4.78, 5) is 34.7. The minimum atomic E-state index is -0.751. The van der Waals surface area contributed by atoms with Crippen molar-refractivity contribution in [2.24, 2.45) is 11.8 Å². The monoisotopic (exact) mass is 460 g/mol. The first-order valence-corrected chi connectivity index (χ1v) is 12.2. The molecule has 2 heterocycles. The summed E-state index contributed by atoms with van der Waals surface area (Å²) < 4.78 is 5.38. The molecule has 8 heteroatoms. The Morgan fingerprint density at radius 3 is 2.53 bits per heavy atom. The molecule has 0 radical (unpaired) electrons. The second-order valence-electron chi connectivity index (χ2n) is 8.29. The second kappa shape index (κ2) is 12.5. The molecule has 7 nitrogen and oxygen atoms in total. The Labute approximate surface area is 193 Å². The van der Waals surface area contributed by atoms with E-state index in [1.165, 1.54) is 12.8 Å². The largest absolute Gasteiger partial charge is 0.484 e. The molecule has 4 atom stereocenters. The van der Waals surface area contributed by atoms with Gasteiger partial charge in [0, 0.05) is 23.5 Å². The summed E-state index contributed by atoms with van der Waals surface area (Å²) in [6.07, 6.45) is 9.32. The predicted octanol–water partition coefficient (Wildman–Crippen LogP) is 3.01. The standard InChI is InChI=1S/C24H32N2O5S/c27-22(15-26-23(28)16-31-17-8-4-3-5-9-17)25-14-19-18(20-12-13-21(19)32-20)10-6-1-2-7-11-24(29)30/h1,3-6,8-9,18-21H,2,7,10-16H2,(H,25,27)(H,26,28)(H,29,30)/b6-1-/t18-,19+,20-,21+/m0/s1. The van der Waals surface area contributed by atoms with Crippen LogP contribution >= 0.6 is 11.8 Å². The molecule has 0 saturated carbocycles. The SMILES string of the molecule is O=C(O)CCC/C=C\C[C@H]1[C@@H](CNC(=O)CNC(=O)COc2ccccc2)[C@H]2CC[C@@H]1S2. The Bertz CT molecular complexity index is 801. The zero-order valence-corrected chi connectivity index (χ0v) is 19.0. The fourth-order valence-electron chi connectivity index (χ4n) is 4.41. The molecule has 2 bridgehead atoms. The highest BCUT2D eigenvalue weighted by molar-refractivity contribution is 8.01. The van der Waals surface area contributed by atoms with Crippen molar-refractivity contribution in [2.75, 3.05) is 19.7 Å². The molecule has 3 rings (SSSR count). The topological polar surface area (TPSA) is 105 Å². The summed E-state index contributed by atoms with van der Waals surface area (Å²) in [6.45, 7) is 0.446. The second-order valence-corrected chi connectivity index (χ2v) is 9.78. The average Bonchev–Trinajstić information content (AvgIpc) is 3.39. The van der Waals surface area contributed by atoms with Crippen molar-refractivity contribution >= 4 is 29.5 Å². The van der Waals surface area contributed by atoms with Gasteiger partial charge in [-0.25, -0.2) is 0 Å². The fourth-order valence-corrected chi connectivity index (χ4v) is 6.42. The van der Waals surface area contributed by atoms with E-state index >= 15 is 0 Å². The third-order valence-electron chi connectivity index (χ3n) is 6.02. The van der Waals surface area contributed by atoms with Gasteiger partial charge < -0.3 is 20.5 Å². The lowest BCUT2D eigenvalue weighted by Crippen LogP contribution is -2.43. The highest BCUT2D eigenvalue weighted by Gasteiger charge is 2.47. The van der Waals surface area contributed by atoms with E-state index in [2.05, 4.69) is 22.8 Å². The molecule has 174 valence electrons. The van der Waals surface area contributed by atoms with Crippen LogP contribution in [0.1, 0.15) is 38.5 Å². The maximum absolute atomic E-state index is 12.2. The quantitative estimate of drug-likeness (QED) is 0.309. The van der Waals surface area contributed by atoms with Crippen molar-refractivity contribution in [1.82, 2.24) is 10.6 Å². The molecule has 3 N–H and O–H groups in total. The van der Waals surface area contributed by atoms with Crippen molar-refractivity contribution in [1.29, 1.82) is 0 Å². The molecule has 2 amide bonds. The van der Waals surface area contributed by atoms with Gasteiger partial charge in [-0.3, -0.25) is 14.4 Å². The van der Waals surface area contributed by atoms with Crippen LogP contribution < -0.4 is 15.4 Å². The highest BCUT2D eigenvalue weighted by Crippen LogP contribution is 2.54. The highest BCUT2D eigenvalue weighted by atomic mass is 32.2. The van der Waals surface area contributed by atoms with Crippen molar-refractivity contribution in [3.8, 4) is 5.75 Å². The maximum Gasteiger partial charge on any atom is 0.303 e. The van der Waals surface area contributed by atoms with Gasteiger partial charge in [0.25, 0.3) is 5.91 Å². The molecule has 0 spiro atoms. The number of allylic oxidation sites excluding steroid dienone is 2. The molecule has 1 aromatic carbocycles. The van der Waals surface area contributed by atoms with Gasteiger partial charge in [0.1, 0.15) is 5.75 Å². The Morgan fingerprint density at radius 2 is 1.78 bits per heavy atom. The molecule has 1 aromatic rings. The minimum Gasteiger partial charge on any atom is -0.484 e. The zero-order valence-electron chi connectivity index (χ0n) is 18.2. The molecule has 0 aliphatic carbocycles. The summed E-state index contributed by atoms with van der Waals surface area (Å²) in [5.41, 5.74) is 0. The first-order valence-electron chi connectivity index (χ1n) is 11.3. The lowest BCUT2D eigenvalue weighted by atomic mass is 9.77. The van der Waals surface area contributed by atoms with Crippen molar-refractivity contribution in [3.63, 3.8) is 0 Å². The van der Waals surface area contributed by atoms with E-state index in [-0.39, 0.29) is 31.4 Å². The van der Waals surface area contributed by atoms with E-state index in [0.717, 1.165) is 12.8 Å². The molecule has 0 aromatic heterocycles. The summed E-state index contributed by atoms with van der Waals surface area (Å²) in [5, 5.41) is 15.5. The lowest BCUT2D eigenvalue weighted by molar-refractivity contribution is -0.137. The van der Waals surface area contributed by atoms with Gasteiger partial charge in [-0.1, -0.05) is 30.4 Å². The number of thioether (sulfide) groups is 1. The van der Waals surface area contributed by atoms with Gasteiger partial charge in [0.2, 0.25) is 5.91 Å². The molecule has 0 unspecified atom stereocenters. The van der Waals surface area contributed by atoms with Crippen LogP contribution in [0.2, 0.25) is 0 Å². The molecule has 2 aliphatic rings. The van der Waals surface area contributed by atoms with Gasteiger partial charge in [-0.15, -0.1) is 0 Å². The van der Waals surface area contributed by atoms with Crippen molar-refractivity contribution in [2.45, 2.75) is 49.0 Å². The van der Waals surface area contributed by atoms with Gasteiger partial charge in [-0.05, 0) is 56.1 Å². The lowest BCUT2D eigenvalue weighted by Gasteiger charge is -2.29. The first kappa shape index (κ1) is 24.2. The van der Waals surface area contributed by atoms with Gasteiger partial charge in [0.05, 0.1) is 6.54 Å². The van der Waals surface area contributed by atoms with Gasteiger partial charge in [0.15, 0.2) is 6.61 Å². The summed E-state index contributed by atoms with van der Waals surface area (Å²) in [6, 6.07) is 9.08. The first-order chi connectivity index (χ1) is 15.5. The number of carboxylic acids is 1. The van der Waals surface area contributed by atoms with Crippen LogP contribution in [0.25, 0.3) is 0 Å². The fraction of sp³-hybridized carbons (Fsp3) is 0.542. The van der Waals surface area contributed by atoms with E-state index in [1.54, 1.807) is 12.1 Å². The van der Waals surface area contributed by atoms with E-state index in [0.29, 0.717) is 41.1 Å². The number of fused-ring (bicyclic) bond motifs is 2. The number of rotatable bonds is 13. The maximum atomic E-state index is 12.2. The van der Waals surface area contributed by atoms with Crippen LogP contribution in [0.3, 0.4) is 0 Å². The van der Waals surface area contributed by atoms with Crippen LogP contribution in [0.5, 0.6) is 5.75 Å². The number of nitrogens with one attached hydrogen (secondary N) is 2. The number of ether oxygens (including phenoxy) is 1. The smallest absolute Gasteiger partial charge is 0.303 e. The number of para-hydroxylation sites is 1. The number of carbonyl (C=O) groups is 3. The molecule has 2 aliphatic heterocycles. The number of aliphatic carboxylic acids is 1.